The lowest BCUT2D eigenvalue weighted by molar-refractivity contribution is 0.0703. The molecule has 0 unspecified atom stereocenters. The number of carbonyl (C=O) groups excluding carboxylic acids is 1. The maximum atomic E-state index is 12.5. The van der Waals surface area contributed by atoms with Gasteiger partial charge in [-0.3, -0.25) is 0 Å². The smallest absolute Gasteiger partial charge is 0.348 e. The van der Waals surface area contributed by atoms with Crippen molar-refractivity contribution in [1.29, 1.82) is 0 Å². The van der Waals surface area contributed by atoms with Crippen molar-refractivity contribution in [3.05, 3.63) is 39.2 Å². The van der Waals surface area contributed by atoms with Crippen molar-refractivity contribution in [2.24, 2.45) is 0 Å². The molecule has 0 saturated heterocycles. The Labute approximate surface area is 166 Å². The van der Waals surface area contributed by atoms with Crippen LogP contribution in [0.1, 0.15) is 36.4 Å². The number of benzene rings is 1. The molecule has 0 saturated carbocycles. The van der Waals surface area contributed by atoms with Crippen LogP contribution < -0.4 is 5.32 Å². The number of nitrogens with zero attached hydrogens (tertiary/aromatic N) is 1. The molecule has 0 atom stereocenters. The zero-order valence-corrected chi connectivity index (χ0v) is 16.8. The van der Waals surface area contributed by atoms with Crippen molar-refractivity contribution in [2.75, 3.05) is 18.4 Å². The molecule has 2 N–H and O–H groups in total. The molecule has 0 bridgehead atoms. The van der Waals surface area contributed by atoms with E-state index in [0.29, 0.717) is 28.0 Å². The number of amides is 2. The van der Waals surface area contributed by atoms with Crippen LogP contribution in [-0.4, -0.2) is 35.1 Å². The van der Waals surface area contributed by atoms with E-state index in [1.165, 1.54) is 0 Å². The lowest BCUT2D eigenvalue weighted by Crippen LogP contribution is -2.36. The van der Waals surface area contributed by atoms with Gasteiger partial charge >= 0.3 is 12.0 Å². The van der Waals surface area contributed by atoms with E-state index in [4.69, 9.17) is 23.2 Å². The highest BCUT2D eigenvalue weighted by molar-refractivity contribution is 7.18. The fourth-order valence-electron chi connectivity index (χ4n) is 2.48. The summed E-state index contributed by atoms with van der Waals surface area (Å²) in [6.45, 7) is 5.22. The summed E-state index contributed by atoms with van der Waals surface area (Å²) in [4.78, 5) is 26.5. The molecule has 1 heterocycles. The highest BCUT2D eigenvalue weighted by Gasteiger charge is 2.20. The number of anilines is 1. The molecule has 0 aliphatic rings. The molecule has 2 rings (SSSR count). The van der Waals surface area contributed by atoms with Gasteiger partial charge in [-0.25, -0.2) is 9.59 Å². The van der Waals surface area contributed by atoms with E-state index in [1.807, 2.05) is 13.8 Å². The van der Waals surface area contributed by atoms with Crippen molar-refractivity contribution >= 4 is 52.2 Å². The molecule has 1 aromatic carbocycles. The lowest BCUT2D eigenvalue weighted by atomic mass is 10.2. The minimum absolute atomic E-state index is 0.0763. The number of aromatic carboxylic acids is 1. The van der Waals surface area contributed by atoms with Crippen LogP contribution in [0.4, 0.5) is 10.5 Å². The van der Waals surface area contributed by atoms with Gasteiger partial charge in [0.15, 0.2) is 0 Å². The Morgan fingerprint density at radius 3 is 2.31 bits per heavy atom. The van der Waals surface area contributed by atoms with Crippen molar-refractivity contribution in [1.82, 2.24) is 4.90 Å². The van der Waals surface area contributed by atoms with Gasteiger partial charge < -0.3 is 15.3 Å². The van der Waals surface area contributed by atoms with Crippen LogP contribution in [0.2, 0.25) is 10.0 Å². The first kappa shape index (κ1) is 20.6. The van der Waals surface area contributed by atoms with Crippen LogP contribution in [0.15, 0.2) is 24.3 Å². The van der Waals surface area contributed by atoms with Crippen molar-refractivity contribution in [2.45, 2.75) is 26.7 Å². The molecular weight excluding hydrogens is 395 g/mol. The third kappa shape index (κ3) is 4.90. The summed E-state index contributed by atoms with van der Waals surface area (Å²) in [5, 5.41) is 13.0. The molecule has 140 valence electrons. The van der Waals surface area contributed by atoms with Gasteiger partial charge in [0.2, 0.25) is 0 Å². The molecule has 0 aliphatic heterocycles. The van der Waals surface area contributed by atoms with Gasteiger partial charge in [0.1, 0.15) is 4.88 Å². The average molecular weight is 415 g/mol. The number of rotatable bonds is 7. The van der Waals surface area contributed by atoms with Crippen LogP contribution in [0.5, 0.6) is 0 Å². The Bertz CT molecular complexity index is 802. The summed E-state index contributed by atoms with van der Waals surface area (Å²) in [6, 6.07) is 6.45. The van der Waals surface area contributed by atoms with E-state index >= 15 is 0 Å². The molecule has 2 amide bonds. The average Bonchev–Trinajstić information content (AvgIpc) is 3.01. The maximum absolute atomic E-state index is 12.5. The SMILES string of the molecule is CCCN(CCC)C(=O)Nc1cc(-c2ccc(Cl)c(Cl)c2)sc1C(=O)O. The molecule has 0 spiro atoms. The number of carboxylic acids is 1. The van der Waals surface area contributed by atoms with E-state index in [-0.39, 0.29) is 16.6 Å². The Hall–Kier alpha value is -1.76. The van der Waals surface area contributed by atoms with E-state index in [1.54, 1.807) is 29.2 Å². The number of carboxylic acid groups (broad SMARTS) is 1. The van der Waals surface area contributed by atoms with Crippen molar-refractivity contribution < 1.29 is 14.7 Å². The van der Waals surface area contributed by atoms with Crippen LogP contribution in [0, 0.1) is 0 Å². The second-order valence-corrected chi connectivity index (χ2v) is 7.57. The third-order valence-corrected chi connectivity index (χ3v) is 5.56. The third-order valence-electron chi connectivity index (χ3n) is 3.65. The molecule has 26 heavy (non-hydrogen) atoms. The Kier molecular flexibility index (Phi) is 7.32. The molecule has 0 radical (unpaired) electrons. The largest absolute Gasteiger partial charge is 0.477 e. The molecule has 5 nitrogen and oxygen atoms in total. The molecule has 0 fully saturated rings. The second-order valence-electron chi connectivity index (χ2n) is 5.70. The normalized spacial score (nSPS) is 10.6. The fraction of sp³-hybridized carbons (Fsp3) is 0.333. The number of thiophene rings is 1. The summed E-state index contributed by atoms with van der Waals surface area (Å²) < 4.78 is 0. The van der Waals surface area contributed by atoms with Crippen LogP contribution in [0.25, 0.3) is 10.4 Å². The number of carbonyl (C=O) groups is 2. The highest BCUT2D eigenvalue weighted by atomic mass is 35.5. The van der Waals surface area contributed by atoms with Crippen LogP contribution >= 0.6 is 34.5 Å². The first-order valence-corrected chi connectivity index (χ1v) is 9.83. The van der Waals surface area contributed by atoms with E-state index < -0.39 is 5.97 Å². The minimum Gasteiger partial charge on any atom is -0.477 e. The van der Waals surface area contributed by atoms with E-state index in [2.05, 4.69) is 5.32 Å². The Morgan fingerprint density at radius 2 is 1.77 bits per heavy atom. The second kappa shape index (κ2) is 9.26. The van der Waals surface area contributed by atoms with Gasteiger partial charge in [0.05, 0.1) is 15.7 Å². The van der Waals surface area contributed by atoms with Crippen LogP contribution in [-0.2, 0) is 0 Å². The zero-order valence-electron chi connectivity index (χ0n) is 14.5. The molecule has 8 heteroatoms. The van der Waals surface area contributed by atoms with Crippen LogP contribution in [0.3, 0.4) is 0 Å². The standard InChI is InChI=1S/C18H20Cl2N2O3S/c1-3-7-22(8-4-2)18(25)21-14-10-15(26-16(14)17(23)24)11-5-6-12(19)13(20)9-11/h5-6,9-10H,3-4,7-8H2,1-2H3,(H,21,25)(H,23,24). The van der Waals surface area contributed by atoms with Gasteiger partial charge in [-0.15, -0.1) is 11.3 Å². The van der Waals surface area contributed by atoms with Crippen molar-refractivity contribution in [3.63, 3.8) is 0 Å². The van der Waals surface area contributed by atoms with E-state index in [0.717, 1.165) is 29.7 Å². The number of hydrogen-bond acceptors (Lipinski definition) is 3. The molecular formula is C18H20Cl2N2O3S. The molecule has 0 aliphatic carbocycles. The number of halogens is 2. The van der Waals surface area contributed by atoms with E-state index in [9.17, 15) is 14.7 Å². The minimum atomic E-state index is -1.09. The number of hydrogen-bond donors (Lipinski definition) is 2. The van der Waals surface area contributed by atoms with Gasteiger partial charge in [-0.05, 0) is 36.6 Å². The zero-order chi connectivity index (χ0) is 19.3. The van der Waals surface area contributed by atoms with Gasteiger partial charge in [0, 0.05) is 18.0 Å². The molecule has 2 aromatic rings. The van der Waals surface area contributed by atoms with Gasteiger partial charge in [0.25, 0.3) is 0 Å². The monoisotopic (exact) mass is 414 g/mol. The summed E-state index contributed by atoms with van der Waals surface area (Å²) >= 11 is 13.1. The summed E-state index contributed by atoms with van der Waals surface area (Å²) in [7, 11) is 0. The lowest BCUT2D eigenvalue weighted by Gasteiger charge is -2.21. The predicted octanol–water partition coefficient (Wildman–Crippen LogP) is 6.07. The van der Waals surface area contributed by atoms with Gasteiger partial charge in [-0.1, -0.05) is 43.1 Å². The van der Waals surface area contributed by atoms with Crippen molar-refractivity contribution in [3.8, 4) is 10.4 Å². The summed E-state index contributed by atoms with van der Waals surface area (Å²) in [6.07, 6.45) is 1.66. The highest BCUT2D eigenvalue weighted by Crippen LogP contribution is 2.37. The summed E-state index contributed by atoms with van der Waals surface area (Å²) in [5.41, 5.74) is 1.03. The Morgan fingerprint density at radius 1 is 1.12 bits per heavy atom. The topological polar surface area (TPSA) is 69.6 Å². The number of urea groups is 1. The first-order valence-electron chi connectivity index (χ1n) is 8.25. The molecule has 1 aromatic heterocycles. The first-order chi connectivity index (χ1) is 12.4. The maximum Gasteiger partial charge on any atom is 0.348 e. The van der Waals surface area contributed by atoms with Gasteiger partial charge in [-0.2, -0.15) is 0 Å². The predicted molar refractivity (Wildman–Crippen MR) is 108 cm³/mol. The Balaban J connectivity index is 2.33. The summed E-state index contributed by atoms with van der Waals surface area (Å²) in [5.74, 6) is -1.09. The quantitative estimate of drug-likeness (QED) is 0.576. The number of nitrogens with one attached hydrogen (secondary N) is 1. The fourth-order valence-corrected chi connectivity index (χ4v) is 3.73.